The first-order valence-corrected chi connectivity index (χ1v) is 7.52. The molecular formula is C18H19F2NO4. The van der Waals surface area contributed by atoms with E-state index in [0.29, 0.717) is 23.7 Å². The second kappa shape index (κ2) is 8.32. The van der Waals surface area contributed by atoms with Crippen LogP contribution in [0.25, 0.3) is 0 Å². The zero-order valence-electron chi connectivity index (χ0n) is 14.2. The number of amides is 1. The van der Waals surface area contributed by atoms with Gasteiger partial charge in [0, 0.05) is 18.2 Å². The summed E-state index contributed by atoms with van der Waals surface area (Å²) in [5.74, 6) is -0.826. The number of carbonyl (C=O) groups is 1. The van der Waals surface area contributed by atoms with Crippen molar-refractivity contribution in [3.63, 3.8) is 0 Å². The van der Waals surface area contributed by atoms with Crippen molar-refractivity contribution in [2.75, 3.05) is 26.6 Å². The third-order valence-corrected chi connectivity index (χ3v) is 3.57. The van der Waals surface area contributed by atoms with E-state index < -0.39 is 11.6 Å². The standard InChI is InChI=1S/C18H19F2NO4/c1-23-15-8-11(9-16(24-2)18(15)25-3)4-7-17(22)21-12-5-6-13(19)14(20)10-12/h5-6,8-10H,4,7H2,1-3H3,(H,21,22). The number of ether oxygens (including phenoxy) is 3. The molecule has 0 aliphatic heterocycles. The number of anilines is 1. The lowest BCUT2D eigenvalue weighted by atomic mass is 10.1. The van der Waals surface area contributed by atoms with Gasteiger partial charge in [-0.2, -0.15) is 0 Å². The van der Waals surface area contributed by atoms with Gasteiger partial charge in [-0.25, -0.2) is 8.78 Å². The first-order valence-electron chi connectivity index (χ1n) is 7.52. The molecular weight excluding hydrogens is 332 g/mol. The van der Waals surface area contributed by atoms with Gasteiger partial charge in [-0.1, -0.05) is 0 Å². The molecule has 0 heterocycles. The molecule has 0 aliphatic rings. The maximum Gasteiger partial charge on any atom is 0.224 e. The average molecular weight is 351 g/mol. The van der Waals surface area contributed by atoms with E-state index in [4.69, 9.17) is 14.2 Å². The van der Waals surface area contributed by atoms with Crippen molar-refractivity contribution in [1.29, 1.82) is 0 Å². The van der Waals surface area contributed by atoms with Crippen LogP contribution in [0.3, 0.4) is 0 Å². The summed E-state index contributed by atoms with van der Waals surface area (Å²) in [6.45, 7) is 0. The molecule has 0 spiro atoms. The molecule has 0 atom stereocenters. The summed E-state index contributed by atoms with van der Waals surface area (Å²) in [5, 5.41) is 2.53. The molecule has 0 saturated heterocycles. The highest BCUT2D eigenvalue weighted by molar-refractivity contribution is 5.90. The predicted octanol–water partition coefficient (Wildman–Crippen LogP) is 3.56. The van der Waals surface area contributed by atoms with Crippen molar-refractivity contribution in [3.05, 3.63) is 47.5 Å². The first kappa shape index (κ1) is 18.5. The molecule has 2 aromatic carbocycles. The number of carbonyl (C=O) groups excluding carboxylic acids is 1. The van der Waals surface area contributed by atoms with E-state index in [1.807, 2.05) is 0 Å². The minimum Gasteiger partial charge on any atom is -0.493 e. The van der Waals surface area contributed by atoms with Gasteiger partial charge >= 0.3 is 0 Å². The summed E-state index contributed by atoms with van der Waals surface area (Å²) in [4.78, 5) is 12.0. The molecule has 1 N–H and O–H groups in total. The van der Waals surface area contributed by atoms with Crippen LogP contribution in [0, 0.1) is 11.6 Å². The van der Waals surface area contributed by atoms with Crippen LogP contribution in [-0.4, -0.2) is 27.2 Å². The van der Waals surface area contributed by atoms with Crippen molar-refractivity contribution < 1.29 is 27.8 Å². The Hall–Kier alpha value is -2.83. The fourth-order valence-electron chi connectivity index (χ4n) is 2.33. The van der Waals surface area contributed by atoms with Gasteiger partial charge in [0.05, 0.1) is 21.3 Å². The van der Waals surface area contributed by atoms with Crippen LogP contribution in [0.4, 0.5) is 14.5 Å². The summed E-state index contributed by atoms with van der Waals surface area (Å²) in [7, 11) is 4.53. The topological polar surface area (TPSA) is 56.8 Å². The number of aryl methyl sites for hydroxylation is 1. The summed E-state index contributed by atoms with van der Waals surface area (Å²) >= 11 is 0. The van der Waals surface area contributed by atoms with E-state index in [0.717, 1.165) is 17.7 Å². The van der Waals surface area contributed by atoms with Gasteiger partial charge in [0.1, 0.15) is 0 Å². The van der Waals surface area contributed by atoms with Crippen LogP contribution in [0.5, 0.6) is 17.2 Å². The number of rotatable bonds is 7. The van der Waals surface area contributed by atoms with E-state index >= 15 is 0 Å². The second-order valence-corrected chi connectivity index (χ2v) is 5.21. The van der Waals surface area contributed by atoms with Crippen molar-refractivity contribution in [2.45, 2.75) is 12.8 Å². The third-order valence-electron chi connectivity index (χ3n) is 3.57. The van der Waals surface area contributed by atoms with Gasteiger partial charge in [0.2, 0.25) is 11.7 Å². The largest absolute Gasteiger partial charge is 0.493 e. The summed E-state index contributed by atoms with van der Waals surface area (Å²) in [5.41, 5.74) is 1.02. The first-order chi connectivity index (χ1) is 12.0. The Morgan fingerprint density at radius 3 is 2.12 bits per heavy atom. The quantitative estimate of drug-likeness (QED) is 0.829. The second-order valence-electron chi connectivity index (χ2n) is 5.21. The Kier molecular flexibility index (Phi) is 6.16. The fourth-order valence-corrected chi connectivity index (χ4v) is 2.33. The van der Waals surface area contributed by atoms with Crippen LogP contribution in [-0.2, 0) is 11.2 Å². The normalized spacial score (nSPS) is 10.3. The lowest BCUT2D eigenvalue weighted by molar-refractivity contribution is -0.116. The fraction of sp³-hybridized carbons (Fsp3) is 0.278. The van der Waals surface area contributed by atoms with Gasteiger partial charge in [-0.05, 0) is 36.2 Å². The molecule has 0 bridgehead atoms. The number of methoxy groups -OCH3 is 3. The Bertz CT molecular complexity index is 740. The van der Waals surface area contributed by atoms with E-state index in [1.165, 1.54) is 27.4 Å². The molecule has 0 fully saturated rings. The van der Waals surface area contributed by atoms with Crippen LogP contribution in [0.15, 0.2) is 30.3 Å². The number of hydrogen-bond acceptors (Lipinski definition) is 4. The number of nitrogens with one attached hydrogen (secondary N) is 1. The van der Waals surface area contributed by atoms with Crippen LogP contribution >= 0.6 is 0 Å². The maximum atomic E-state index is 13.2. The molecule has 7 heteroatoms. The SMILES string of the molecule is COc1cc(CCC(=O)Nc2ccc(F)c(F)c2)cc(OC)c1OC. The predicted molar refractivity (Wildman–Crippen MR) is 89.4 cm³/mol. The summed E-state index contributed by atoms with van der Waals surface area (Å²) in [6.07, 6.45) is 0.559. The highest BCUT2D eigenvalue weighted by Gasteiger charge is 2.14. The summed E-state index contributed by atoms with van der Waals surface area (Å²) in [6, 6.07) is 6.71. The van der Waals surface area contributed by atoms with Gasteiger partial charge in [-0.3, -0.25) is 4.79 Å². The van der Waals surface area contributed by atoms with E-state index in [2.05, 4.69) is 5.32 Å². The molecule has 5 nitrogen and oxygen atoms in total. The van der Waals surface area contributed by atoms with Crippen LogP contribution in [0.1, 0.15) is 12.0 Å². The third kappa shape index (κ3) is 4.59. The Morgan fingerprint density at radius 1 is 0.960 bits per heavy atom. The molecule has 0 radical (unpaired) electrons. The smallest absolute Gasteiger partial charge is 0.224 e. The molecule has 0 aliphatic carbocycles. The molecule has 0 aromatic heterocycles. The highest BCUT2D eigenvalue weighted by Crippen LogP contribution is 2.38. The van der Waals surface area contributed by atoms with Gasteiger partial charge in [0.25, 0.3) is 0 Å². The Labute approximate surface area is 144 Å². The molecule has 0 saturated carbocycles. The van der Waals surface area contributed by atoms with E-state index in [9.17, 15) is 13.6 Å². The zero-order valence-corrected chi connectivity index (χ0v) is 14.2. The van der Waals surface area contributed by atoms with Crippen molar-refractivity contribution in [1.82, 2.24) is 0 Å². The maximum absolute atomic E-state index is 13.2. The number of benzene rings is 2. The Morgan fingerprint density at radius 2 is 1.60 bits per heavy atom. The van der Waals surface area contributed by atoms with Crippen LogP contribution < -0.4 is 19.5 Å². The lowest BCUT2D eigenvalue weighted by Crippen LogP contribution is -2.12. The molecule has 2 aromatic rings. The van der Waals surface area contributed by atoms with Crippen molar-refractivity contribution >= 4 is 11.6 Å². The van der Waals surface area contributed by atoms with E-state index in [-0.39, 0.29) is 18.0 Å². The molecule has 25 heavy (non-hydrogen) atoms. The molecule has 1 amide bonds. The monoisotopic (exact) mass is 351 g/mol. The van der Waals surface area contributed by atoms with Gasteiger partial charge in [-0.15, -0.1) is 0 Å². The highest BCUT2D eigenvalue weighted by atomic mass is 19.2. The van der Waals surface area contributed by atoms with Gasteiger partial charge in [0.15, 0.2) is 23.1 Å². The molecule has 134 valence electrons. The van der Waals surface area contributed by atoms with E-state index in [1.54, 1.807) is 12.1 Å². The van der Waals surface area contributed by atoms with Crippen LogP contribution in [0.2, 0.25) is 0 Å². The van der Waals surface area contributed by atoms with Gasteiger partial charge < -0.3 is 19.5 Å². The molecule has 2 rings (SSSR count). The number of hydrogen-bond donors (Lipinski definition) is 1. The zero-order chi connectivity index (χ0) is 18.4. The van der Waals surface area contributed by atoms with Crippen molar-refractivity contribution in [2.24, 2.45) is 0 Å². The van der Waals surface area contributed by atoms with Crippen molar-refractivity contribution in [3.8, 4) is 17.2 Å². The minimum absolute atomic E-state index is 0.150. The lowest BCUT2D eigenvalue weighted by Gasteiger charge is -2.14. The average Bonchev–Trinajstić information content (AvgIpc) is 2.62. The minimum atomic E-state index is -1.01. The summed E-state index contributed by atoms with van der Waals surface area (Å²) < 4.78 is 41.8. The molecule has 0 unspecified atom stereocenters. The Balaban J connectivity index is 2.04. The number of halogens is 2.